The van der Waals surface area contributed by atoms with E-state index >= 15 is 0 Å². The molecule has 3 heterocycles. The molecule has 1 atom stereocenters. The van der Waals surface area contributed by atoms with Crippen molar-refractivity contribution < 1.29 is 13.7 Å². The Bertz CT molecular complexity index is 856. The molecule has 1 aromatic carbocycles. The number of amides is 1. The third kappa shape index (κ3) is 2.55. The second-order valence-corrected chi connectivity index (χ2v) is 6.04. The van der Waals surface area contributed by atoms with Crippen molar-refractivity contribution >= 4 is 17.0 Å². The molecule has 0 aliphatic carbocycles. The molecule has 0 bridgehead atoms. The normalized spacial score (nSPS) is 18.7. The molecule has 7 nitrogen and oxygen atoms in total. The largest absolute Gasteiger partial charge is 0.441 e. The SMILES string of the molecule is Cc1nc2c(C(=O)N3CCCCC[C@H]3c3ncon3)cccc2o1. The van der Waals surface area contributed by atoms with Crippen LogP contribution < -0.4 is 0 Å². The van der Waals surface area contributed by atoms with Crippen LogP contribution in [0.4, 0.5) is 0 Å². The Balaban J connectivity index is 1.75. The highest BCUT2D eigenvalue weighted by molar-refractivity contribution is 6.04. The van der Waals surface area contributed by atoms with Gasteiger partial charge in [0.05, 0.1) is 11.6 Å². The summed E-state index contributed by atoms with van der Waals surface area (Å²) in [5, 5.41) is 3.96. The maximum atomic E-state index is 13.2. The molecule has 0 radical (unpaired) electrons. The molecule has 4 rings (SSSR count). The number of rotatable bonds is 2. The molecule has 1 fully saturated rings. The highest BCUT2D eigenvalue weighted by Crippen LogP contribution is 2.31. The molecule has 0 spiro atoms. The lowest BCUT2D eigenvalue weighted by Crippen LogP contribution is -2.35. The van der Waals surface area contributed by atoms with Gasteiger partial charge in [-0.15, -0.1) is 0 Å². The van der Waals surface area contributed by atoms with Crippen molar-refractivity contribution in [3.63, 3.8) is 0 Å². The minimum Gasteiger partial charge on any atom is -0.441 e. The number of oxazole rings is 1. The maximum Gasteiger partial charge on any atom is 0.256 e. The number of aryl methyl sites for hydroxylation is 1. The molecule has 7 heteroatoms. The summed E-state index contributed by atoms with van der Waals surface area (Å²) in [7, 11) is 0. The van der Waals surface area contributed by atoms with Crippen LogP contribution in [0.5, 0.6) is 0 Å². The minimum absolute atomic E-state index is 0.0643. The van der Waals surface area contributed by atoms with Gasteiger partial charge < -0.3 is 13.8 Å². The Morgan fingerprint density at radius 2 is 2.21 bits per heavy atom. The number of hydrogen-bond acceptors (Lipinski definition) is 6. The lowest BCUT2D eigenvalue weighted by Gasteiger charge is -2.27. The summed E-state index contributed by atoms with van der Waals surface area (Å²) < 4.78 is 10.4. The average Bonchev–Trinajstić information content (AvgIpc) is 3.17. The van der Waals surface area contributed by atoms with Gasteiger partial charge in [0.15, 0.2) is 17.3 Å². The summed E-state index contributed by atoms with van der Waals surface area (Å²) in [5.74, 6) is 1.05. The molecule has 1 saturated heterocycles. The van der Waals surface area contributed by atoms with E-state index in [0.717, 1.165) is 25.7 Å². The van der Waals surface area contributed by atoms with Crippen LogP contribution in [-0.4, -0.2) is 32.5 Å². The van der Waals surface area contributed by atoms with Crippen LogP contribution in [0.25, 0.3) is 11.1 Å². The van der Waals surface area contributed by atoms with Crippen LogP contribution in [0, 0.1) is 6.92 Å². The van der Waals surface area contributed by atoms with E-state index in [4.69, 9.17) is 8.94 Å². The molecule has 0 saturated carbocycles. The van der Waals surface area contributed by atoms with Gasteiger partial charge in [0.1, 0.15) is 5.52 Å². The number of para-hydroxylation sites is 1. The highest BCUT2D eigenvalue weighted by Gasteiger charge is 2.31. The lowest BCUT2D eigenvalue weighted by atomic mass is 10.1. The van der Waals surface area contributed by atoms with Crippen molar-refractivity contribution in [1.29, 1.82) is 0 Å². The monoisotopic (exact) mass is 326 g/mol. The molecule has 2 aromatic heterocycles. The standard InChI is InChI=1S/C17H18N4O3/c1-11-19-15-12(6-5-8-14(15)24-11)17(22)21-9-4-2-3-7-13(21)16-18-10-23-20-16/h5-6,8,10,13H,2-4,7,9H2,1H3/t13-/m0/s1. The van der Waals surface area contributed by atoms with Gasteiger partial charge in [0, 0.05) is 13.5 Å². The van der Waals surface area contributed by atoms with Gasteiger partial charge in [-0.05, 0) is 25.0 Å². The summed E-state index contributed by atoms with van der Waals surface area (Å²) >= 11 is 0. The van der Waals surface area contributed by atoms with E-state index in [1.807, 2.05) is 17.0 Å². The van der Waals surface area contributed by atoms with Gasteiger partial charge >= 0.3 is 0 Å². The van der Waals surface area contributed by atoms with Crippen molar-refractivity contribution in [3.8, 4) is 0 Å². The first-order chi connectivity index (χ1) is 11.7. The van der Waals surface area contributed by atoms with Crippen molar-refractivity contribution in [2.45, 2.75) is 38.6 Å². The van der Waals surface area contributed by atoms with Gasteiger partial charge in [0.25, 0.3) is 5.91 Å². The average molecular weight is 326 g/mol. The first-order valence-corrected chi connectivity index (χ1v) is 8.17. The lowest BCUT2D eigenvalue weighted by molar-refractivity contribution is 0.0672. The fraction of sp³-hybridized carbons (Fsp3) is 0.412. The Hall–Kier alpha value is -2.70. The number of fused-ring (bicyclic) bond motifs is 1. The summed E-state index contributed by atoms with van der Waals surface area (Å²) in [6, 6.07) is 5.28. The Labute approximate surface area is 138 Å². The van der Waals surface area contributed by atoms with Gasteiger partial charge in [-0.3, -0.25) is 4.79 Å². The molecule has 0 unspecified atom stereocenters. The van der Waals surface area contributed by atoms with Crippen molar-refractivity contribution in [2.24, 2.45) is 0 Å². The predicted molar refractivity (Wildman–Crippen MR) is 85.3 cm³/mol. The number of aromatic nitrogens is 3. The Morgan fingerprint density at radius 1 is 1.29 bits per heavy atom. The predicted octanol–water partition coefficient (Wildman–Crippen LogP) is 3.28. The minimum atomic E-state index is -0.165. The van der Waals surface area contributed by atoms with Crippen LogP contribution in [0.15, 0.2) is 33.5 Å². The van der Waals surface area contributed by atoms with E-state index in [0.29, 0.717) is 34.9 Å². The fourth-order valence-electron chi connectivity index (χ4n) is 3.33. The highest BCUT2D eigenvalue weighted by atomic mass is 16.5. The first kappa shape index (κ1) is 14.9. The quantitative estimate of drug-likeness (QED) is 0.718. The molecule has 1 aliphatic rings. The summed E-state index contributed by atoms with van der Waals surface area (Å²) in [6.07, 6.45) is 5.24. The summed E-state index contributed by atoms with van der Waals surface area (Å²) in [5.41, 5.74) is 1.79. The second kappa shape index (κ2) is 6.07. The molecular formula is C17H18N4O3. The van der Waals surface area contributed by atoms with Gasteiger partial charge in [0.2, 0.25) is 6.39 Å². The van der Waals surface area contributed by atoms with Crippen LogP contribution in [0.1, 0.15) is 53.8 Å². The number of likely N-dealkylation sites (tertiary alicyclic amines) is 1. The maximum absolute atomic E-state index is 13.2. The molecule has 3 aromatic rings. The number of carbonyl (C=O) groups excluding carboxylic acids is 1. The third-order valence-corrected chi connectivity index (χ3v) is 4.45. The van der Waals surface area contributed by atoms with Crippen molar-refractivity contribution in [2.75, 3.05) is 6.54 Å². The van der Waals surface area contributed by atoms with Crippen LogP contribution in [0.3, 0.4) is 0 Å². The van der Waals surface area contributed by atoms with E-state index in [9.17, 15) is 4.79 Å². The number of benzene rings is 1. The van der Waals surface area contributed by atoms with E-state index in [2.05, 4.69) is 15.1 Å². The van der Waals surface area contributed by atoms with Crippen LogP contribution in [0.2, 0.25) is 0 Å². The van der Waals surface area contributed by atoms with E-state index in [1.54, 1.807) is 13.0 Å². The third-order valence-electron chi connectivity index (χ3n) is 4.45. The molecule has 1 aliphatic heterocycles. The second-order valence-electron chi connectivity index (χ2n) is 6.04. The first-order valence-electron chi connectivity index (χ1n) is 8.17. The van der Waals surface area contributed by atoms with Gasteiger partial charge in [-0.1, -0.05) is 24.1 Å². The number of carbonyl (C=O) groups is 1. The Morgan fingerprint density at radius 3 is 3.04 bits per heavy atom. The zero-order valence-electron chi connectivity index (χ0n) is 13.4. The van der Waals surface area contributed by atoms with E-state index < -0.39 is 0 Å². The summed E-state index contributed by atoms with van der Waals surface area (Å²) in [6.45, 7) is 2.45. The van der Waals surface area contributed by atoms with E-state index in [1.165, 1.54) is 6.39 Å². The number of hydrogen-bond donors (Lipinski definition) is 0. The zero-order valence-corrected chi connectivity index (χ0v) is 13.4. The topological polar surface area (TPSA) is 85.3 Å². The van der Waals surface area contributed by atoms with Crippen LogP contribution >= 0.6 is 0 Å². The number of nitrogens with zero attached hydrogens (tertiary/aromatic N) is 4. The fourth-order valence-corrected chi connectivity index (χ4v) is 3.33. The van der Waals surface area contributed by atoms with Gasteiger partial charge in [-0.2, -0.15) is 4.98 Å². The molecule has 0 N–H and O–H groups in total. The van der Waals surface area contributed by atoms with Gasteiger partial charge in [-0.25, -0.2) is 4.98 Å². The molecule has 124 valence electrons. The molecular weight excluding hydrogens is 308 g/mol. The smallest absolute Gasteiger partial charge is 0.256 e. The zero-order chi connectivity index (χ0) is 16.5. The molecule has 24 heavy (non-hydrogen) atoms. The van der Waals surface area contributed by atoms with Crippen molar-refractivity contribution in [1.82, 2.24) is 20.0 Å². The van der Waals surface area contributed by atoms with Crippen molar-refractivity contribution in [3.05, 3.63) is 41.9 Å². The van der Waals surface area contributed by atoms with Crippen LogP contribution in [-0.2, 0) is 0 Å². The van der Waals surface area contributed by atoms with E-state index in [-0.39, 0.29) is 11.9 Å². The Kier molecular flexibility index (Phi) is 3.76. The molecule has 1 amide bonds. The summed E-state index contributed by atoms with van der Waals surface area (Å²) in [4.78, 5) is 23.6.